The third-order valence-electron chi connectivity index (χ3n) is 3.30. The van der Waals surface area contributed by atoms with Gasteiger partial charge in [0.05, 0.1) is 10.7 Å². The van der Waals surface area contributed by atoms with Crippen molar-refractivity contribution in [1.82, 2.24) is 4.90 Å². The van der Waals surface area contributed by atoms with E-state index in [1.165, 1.54) is 0 Å². The molecule has 0 amide bonds. The van der Waals surface area contributed by atoms with Gasteiger partial charge in [-0.15, -0.1) is 11.8 Å². The maximum Gasteiger partial charge on any atom is 0.0984 e. The van der Waals surface area contributed by atoms with Crippen LogP contribution >= 0.6 is 34.4 Å². The van der Waals surface area contributed by atoms with Gasteiger partial charge in [0.25, 0.3) is 0 Å². The van der Waals surface area contributed by atoms with Crippen molar-refractivity contribution in [1.29, 1.82) is 0 Å². The average molecular weight is 376 g/mol. The van der Waals surface area contributed by atoms with E-state index in [-0.39, 0.29) is 22.6 Å². The van der Waals surface area contributed by atoms with Crippen molar-refractivity contribution in [2.24, 2.45) is 0 Å². The standard InChI is InChI=1S/C9H16INO3S2/c1-11(2)7-8(14-4-10)5-3-6(16(12)13)9(7)15-5/h5-9H,3-4H2,1-2H3,(H,12,13)/p-1. The van der Waals surface area contributed by atoms with Gasteiger partial charge in [-0.25, -0.2) is 0 Å². The van der Waals surface area contributed by atoms with Crippen LogP contribution in [-0.4, -0.2) is 60.3 Å². The Morgan fingerprint density at radius 2 is 2.31 bits per heavy atom. The lowest BCUT2D eigenvalue weighted by atomic mass is 9.91. The first-order valence-electron chi connectivity index (χ1n) is 5.13. The molecule has 0 aromatic heterocycles. The molecule has 16 heavy (non-hydrogen) atoms. The fraction of sp³-hybridized carbons (Fsp3) is 1.00. The minimum Gasteiger partial charge on any atom is -0.772 e. The normalized spacial score (nSPS) is 44.2. The van der Waals surface area contributed by atoms with E-state index in [1.54, 1.807) is 11.8 Å². The van der Waals surface area contributed by atoms with Crippen molar-refractivity contribution in [2.45, 2.75) is 34.3 Å². The average Bonchev–Trinajstić information content (AvgIpc) is 2.74. The molecule has 2 aliphatic heterocycles. The molecule has 2 bridgehead atoms. The van der Waals surface area contributed by atoms with E-state index in [4.69, 9.17) is 4.74 Å². The molecule has 94 valence electrons. The van der Waals surface area contributed by atoms with Crippen molar-refractivity contribution in [3.63, 3.8) is 0 Å². The van der Waals surface area contributed by atoms with Gasteiger partial charge < -0.3 is 14.2 Å². The second-order valence-electron chi connectivity index (χ2n) is 4.37. The lowest BCUT2D eigenvalue weighted by Gasteiger charge is -2.38. The maximum absolute atomic E-state index is 11.1. The molecule has 2 rings (SSSR count). The zero-order valence-corrected chi connectivity index (χ0v) is 13.0. The maximum atomic E-state index is 11.1. The van der Waals surface area contributed by atoms with Gasteiger partial charge in [-0.2, -0.15) is 0 Å². The first-order chi connectivity index (χ1) is 7.56. The molecular weight excluding hydrogens is 361 g/mol. The summed E-state index contributed by atoms with van der Waals surface area (Å²) in [6.07, 6.45) is 0.929. The van der Waals surface area contributed by atoms with E-state index in [1.807, 2.05) is 14.1 Å². The van der Waals surface area contributed by atoms with E-state index in [9.17, 15) is 8.76 Å². The van der Waals surface area contributed by atoms with Crippen LogP contribution in [0.1, 0.15) is 6.42 Å². The van der Waals surface area contributed by atoms with Gasteiger partial charge in [-0.1, -0.05) is 33.7 Å². The molecule has 0 N–H and O–H groups in total. The lowest BCUT2D eigenvalue weighted by Crippen LogP contribution is -2.53. The number of alkyl halides is 1. The molecule has 2 heterocycles. The Bertz CT molecular complexity index is 292. The summed E-state index contributed by atoms with van der Waals surface area (Å²) in [5.41, 5.74) is 0. The highest BCUT2D eigenvalue weighted by Gasteiger charge is 2.55. The Labute approximate surface area is 116 Å². The zero-order chi connectivity index (χ0) is 11.9. The topological polar surface area (TPSA) is 52.6 Å². The van der Waals surface area contributed by atoms with Crippen LogP contribution in [0.25, 0.3) is 0 Å². The summed E-state index contributed by atoms with van der Waals surface area (Å²) < 4.78 is 28.7. The SMILES string of the molecule is CN(C)C1C(OCI)C2CC(S(=O)[O-])C1S2. The summed E-state index contributed by atoms with van der Waals surface area (Å²) in [5.74, 6) is 0. The molecule has 2 saturated heterocycles. The molecule has 0 spiro atoms. The smallest absolute Gasteiger partial charge is 0.0984 e. The van der Waals surface area contributed by atoms with Crippen LogP contribution in [0.5, 0.6) is 0 Å². The summed E-state index contributed by atoms with van der Waals surface area (Å²) >= 11 is 2.04. The fourth-order valence-corrected chi connectivity index (χ4v) is 6.39. The third kappa shape index (κ3) is 2.31. The number of rotatable bonds is 4. The molecule has 0 aliphatic carbocycles. The monoisotopic (exact) mass is 376 g/mol. The summed E-state index contributed by atoms with van der Waals surface area (Å²) in [6, 6.07) is 0.224. The second kappa shape index (κ2) is 5.40. The van der Waals surface area contributed by atoms with Crippen LogP contribution < -0.4 is 0 Å². The van der Waals surface area contributed by atoms with Crippen molar-refractivity contribution in [3.05, 3.63) is 0 Å². The number of ether oxygens (including phenoxy) is 1. The summed E-state index contributed by atoms with van der Waals surface area (Å²) in [6.45, 7) is 0. The molecule has 6 atom stereocenters. The molecule has 0 aromatic rings. The van der Waals surface area contributed by atoms with Crippen molar-refractivity contribution in [3.8, 4) is 0 Å². The molecule has 2 aliphatic rings. The van der Waals surface area contributed by atoms with Gasteiger partial charge in [0, 0.05) is 21.8 Å². The number of likely N-dealkylation sites (N-methyl/N-ethyl adjacent to an activating group) is 1. The largest absolute Gasteiger partial charge is 0.772 e. The van der Waals surface area contributed by atoms with Gasteiger partial charge >= 0.3 is 0 Å². The number of fused-ring (bicyclic) bond motifs is 2. The molecule has 0 aromatic carbocycles. The van der Waals surface area contributed by atoms with Crippen LogP contribution in [0.4, 0.5) is 0 Å². The minimum atomic E-state index is -1.95. The number of halogens is 1. The Morgan fingerprint density at radius 1 is 1.62 bits per heavy atom. The van der Waals surface area contributed by atoms with Gasteiger partial charge in [0.2, 0.25) is 0 Å². The van der Waals surface area contributed by atoms with Gasteiger partial charge in [-0.05, 0) is 20.5 Å². The highest BCUT2D eigenvalue weighted by atomic mass is 127. The third-order valence-corrected chi connectivity index (χ3v) is 6.55. The van der Waals surface area contributed by atoms with E-state index in [2.05, 4.69) is 27.5 Å². The van der Waals surface area contributed by atoms with Crippen LogP contribution in [0, 0.1) is 0 Å². The van der Waals surface area contributed by atoms with E-state index < -0.39 is 11.1 Å². The van der Waals surface area contributed by atoms with Gasteiger partial charge in [-0.3, -0.25) is 4.21 Å². The first-order valence-corrected chi connectivity index (χ1v) is 8.74. The second-order valence-corrected chi connectivity index (χ2v) is 7.54. The summed E-state index contributed by atoms with van der Waals surface area (Å²) in [7, 11) is 4.00. The van der Waals surface area contributed by atoms with Crippen LogP contribution in [0.2, 0.25) is 0 Å². The predicted octanol–water partition coefficient (Wildman–Crippen LogP) is 0.830. The first kappa shape index (κ1) is 13.5. The van der Waals surface area contributed by atoms with Crippen LogP contribution in [0.3, 0.4) is 0 Å². The number of thioether (sulfide) groups is 1. The number of hydrogen-bond acceptors (Lipinski definition) is 5. The Morgan fingerprint density at radius 3 is 2.81 bits per heavy atom. The number of hydrogen-bond donors (Lipinski definition) is 0. The quantitative estimate of drug-likeness (QED) is 0.413. The molecule has 7 heteroatoms. The Kier molecular flexibility index (Phi) is 4.57. The van der Waals surface area contributed by atoms with E-state index >= 15 is 0 Å². The van der Waals surface area contributed by atoms with Crippen LogP contribution in [0.15, 0.2) is 0 Å². The van der Waals surface area contributed by atoms with E-state index in [0.29, 0.717) is 9.86 Å². The van der Waals surface area contributed by atoms with Gasteiger partial charge in [0.15, 0.2) is 0 Å². The number of nitrogens with zero attached hydrogens (tertiary/aromatic N) is 1. The fourth-order valence-electron chi connectivity index (χ4n) is 2.68. The molecule has 6 unspecified atom stereocenters. The minimum absolute atomic E-state index is 0.172. The molecule has 4 nitrogen and oxygen atoms in total. The van der Waals surface area contributed by atoms with Crippen molar-refractivity contribution >= 4 is 45.4 Å². The van der Waals surface area contributed by atoms with Gasteiger partial charge in [0.1, 0.15) is 0 Å². The lowest BCUT2D eigenvalue weighted by molar-refractivity contribution is 0.0218. The highest BCUT2D eigenvalue weighted by molar-refractivity contribution is 14.1. The molecule has 2 fully saturated rings. The zero-order valence-electron chi connectivity index (χ0n) is 9.17. The van der Waals surface area contributed by atoms with Crippen molar-refractivity contribution in [2.75, 3.05) is 18.7 Å². The summed E-state index contributed by atoms with van der Waals surface area (Å²) in [5, 5.41) is 0.317. The van der Waals surface area contributed by atoms with E-state index in [0.717, 1.165) is 6.42 Å². The van der Waals surface area contributed by atoms with Crippen LogP contribution in [-0.2, 0) is 15.8 Å². The Hall–Kier alpha value is 1.11. The highest BCUT2D eigenvalue weighted by Crippen LogP contribution is 2.50. The summed E-state index contributed by atoms with van der Waals surface area (Å²) in [4.78, 5) is 2.10. The molecule has 0 saturated carbocycles. The molecular formula is C9H15INO3S2-. The predicted molar refractivity (Wildman–Crippen MR) is 73.7 cm³/mol. The van der Waals surface area contributed by atoms with Crippen molar-refractivity contribution < 1.29 is 13.5 Å². The molecule has 0 radical (unpaired) electrons. The Balaban J connectivity index is 2.15.